The standard InChI is InChI=1S/C14H16N4O/c1-9(11-4-5-19-8-11)16-12-6-13-10(2)17-18(3)14(13)15-7-12/h4-9,16H,1-3H3. The fourth-order valence-corrected chi connectivity index (χ4v) is 2.24. The summed E-state index contributed by atoms with van der Waals surface area (Å²) in [7, 11) is 1.91. The molecule has 0 aliphatic carbocycles. The first-order valence-electron chi connectivity index (χ1n) is 6.23. The Morgan fingerprint density at radius 2 is 2.26 bits per heavy atom. The van der Waals surface area contributed by atoms with Gasteiger partial charge in [-0.1, -0.05) is 0 Å². The van der Waals surface area contributed by atoms with Gasteiger partial charge in [0.15, 0.2) is 5.65 Å². The van der Waals surface area contributed by atoms with Crippen LogP contribution in [0.25, 0.3) is 11.0 Å². The normalized spacial score (nSPS) is 12.8. The molecule has 3 aromatic rings. The number of hydrogen-bond donors (Lipinski definition) is 1. The van der Waals surface area contributed by atoms with Gasteiger partial charge < -0.3 is 9.73 Å². The van der Waals surface area contributed by atoms with E-state index in [1.807, 2.05) is 26.2 Å². The Balaban J connectivity index is 1.91. The summed E-state index contributed by atoms with van der Waals surface area (Å²) in [6.07, 6.45) is 5.26. The van der Waals surface area contributed by atoms with Crippen molar-refractivity contribution in [2.24, 2.45) is 7.05 Å². The smallest absolute Gasteiger partial charge is 0.157 e. The van der Waals surface area contributed by atoms with Crippen molar-refractivity contribution in [1.29, 1.82) is 0 Å². The van der Waals surface area contributed by atoms with Crippen molar-refractivity contribution < 1.29 is 4.42 Å². The van der Waals surface area contributed by atoms with Gasteiger partial charge in [0.05, 0.1) is 36.1 Å². The summed E-state index contributed by atoms with van der Waals surface area (Å²) in [6.45, 7) is 4.08. The van der Waals surface area contributed by atoms with E-state index in [0.717, 1.165) is 28.0 Å². The van der Waals surface area contributed by atoms with Crippen LogP contribution >= 0.6 is 0 Å². The second kappa shape index (κ2) is 4.42. The molecule has 1 unspecified atom stereocenters. The lowest BCUT2D eigenvalue weighted by molar-refractivity contribution is 0.562. The Kier molecular flexibility index (Phi) is 2.74. The fourth-order valence-electron chi connectivity index (χ4n) is 2.24. The van der Waals surface area contributed by atoms with Gasteiger partial charge in [-0.2, -0.15) is 5.10 Å². The van der Waals surface area contributed by atoms with Crippen LogP contribution in [0.5, 0.6) is 0 Å². The SMILES string of the molecule is Cc1nn(C)c2ncc(NC(C)c3ccoc3)cc12. The molecule has 0 saturated heterocycles. The van der Waals surface area contributed by atoms with E-state index in [0.29, 0.717) is 0 Å². The molecule has 0 spiro atoms. The molecule has 0 aliphatic rings. The molecular weight excluding hydrogens is 240 g/mol. The van der Waals surface area contributed by atoms with E-state index >= 15 is 0 Å². The number of hydrogen-bond acceptors (Lipinski definition) is 4. The Hall–Kier alpha value is -2.30. The molecule has 19 heavy (non-hydrogen) atoms. The molecule has 0 aromatic carbocycles. The van der Waals surface area contributed by atoms with E-state index in [1.54, 1.807) is 17.2 Å². The van der Waals surface area contributed by atoms with Crippen molar-refractivity contribution >= 4 is 16.7 Å². The molecule has 0 aliphatic heterocycles. The summed E-state index contributed by atoms with van der Waals surface area (Å²) in [6, 6.07) is 4.22. The average molecular weight is 256 g/mol. The lowest BCUT2D eigenvalue weighted by Gasteiger charge is -2.13. The minimum absolute atomic E-state index is 0.176. The zero-order chi connectivity index (χ0) is 13.4. The first-order valence-corrected chi connectivity index (χ1v) is 6.23. The zero-order valence-electron chi connectivity index (χ0n) is 11.2. The molecular formula is C14H16N4O. The summed E-state index contributed by atoms with van der Waals surface area (Å²) in [5.41, 5.74) is 3.99. The Bertz CT molecular complexity index is 700. The van der Waals surface area contributed by atoms with Crippen LogP contribution in [0.4, 0.5) is 5.69 Å². The second-order valence-corrected chi connectivity index (χ2v) is 4.73. The lowest BCUT2D eigenvalue weighted by Crippen LogP contribution is -2.05. The van der Waals surface area contributed by atoms with Gasteiger partial charge in [-0.3, -0.25) is 4.68 Å². The van der Waals surface area contributed by atoms with Gasteiger partial charge in [0.1, 0.15) is 0 Å². The van der Waals surface area contributed by atoms with Gasteiger partial charge in [0.2, 0.25) is 0 Å². The number of furan rings is 1. The van der Waals surface area contributed by atoms with E-state index in [-0.39, 0.29) is 6.04 Å². The van der Waals surface area contributed by atoms with Gasteiger partial charge in [-0.05, 0) is 26.0 Å². The van der Waals surface area contributed by atoms with Gasteiger partial charge in [-0.25, -0.2) is 4.98 Å². The highest BCUT2D eigenvalue weighted by atomic mass is 16.3. The molecule has 5 nitrogen and oxygen atoms in total. The maximum Gasteiger partial charge on any atom is 0.157 e. The number of nitrogens with zero attached hydrogens (tertiary/aromatic N) is 3. The third kappa shape index (κ3) is 2.07. The fraction of sp³-hybridized carbons (Fsp3) is 0.286. The first kappa shape index (κ1) is 11.8. The molecule has 1 atom stereocenters. The number of fused-ring (bicyclic) bond motifs is 1. The van der Waals surface area contributed by atoms with Crippen LogP contribution in [0.15, 0.2) is 35.3 Å². The molecule has 3 aromatic heterocycles. The molecule has 0 fully saturated rings. The molecule has 3 heterocycles. The molecule has 0 saturated carbocycles. The Labute approximate surface area is 111 Å². The third-order valence-corrected chi connectivity index (χ3v) is 3.29. The number of aromatic nitrogens is 3. The number of anilines is 1. The maximum absolute atomic E-state index is 5.10. The summed E-state index contributed by atoms with van der Waals surface area (Å²) in [5, 5.41) is 8.86. The molecule has 98 valence electrons. The number of pyridine rings is 1. The predicted octanol–water partition coefficient (Wildman–Crippen LogP) is 3.04. The zero-order valence-corrected chi connectivity index (χ0v) is 11.2. The van der Waals surface area contributed by atoms with E-state index in [2.05, 4.69) is 28.4 Å². The van der Waals surface area contributed by atoms with Gasteiger partial charge >= 0.3 is 0 Å². The van der Waals surface area contributed by atoms with Crippen molar-refractivity contribution in [2.75, 3.05) is 5.32 Å². The largest absolute Gasteiger partial charge is 0.472 e. The van der Waals surface area contributed by atoms with Crippen molar-refractivity contribution in [1.82, 2.24) is 14.8 Å². The van der Waals surface area contributed by atoms with E-state index in [4.69, 9.17) is 4.42 Å². The molecule has 1 N–H and O–H groups in total. The highest BCUT2D eigenvalue weighted by Crippen LogP contribution is 2.23. The van der Waals surface area contributed by atoms with Crippen molar-refractivity contribution in [2.45, 2.75) is 19.9 Å². The average Bonchev–Trinajstić information content (AvgIpc) is 2.99. The molecule has 5 heteroatoms. The van der Waals surface area contributed by atoms with Crippen LogP contribution in [-0.2, 0) is 7.05 Å². The van der Waals surface area contributed by atoms with Gasteiger partial charge in [-0.15, -0.1) is 0 Å². The number of nitrogens with one attached hydrogen (secondary N) is 1. The Morgan fingerprint density at radius 1 is 1.42 bits per heavy atom. The lowest BCUT2D eigenvalue weighted by atomic mass is 10.1. The topological polar surface area (TPSA) is 55.9 Å². The second-order valence-electron chi connectivity index (χ2n) is 4.73. The first-order chi connectivity index (χ1) is 9.15. The molecule has 0 amide bonds. The van der Waals surface area contributed by atoms with Crippen LogP contribution in [0.1, 0.15) is 24.2 Å². The van der Waals surface area contributed by atoms with Crippen molar-refractivity contribution in [3.8, 4) is 0 Å². The molecule has 0 radical (unpaired) electrons. The van der Waals surface area contributed by atoms with Gasteiger partial charge in [0.25, 0.3) is 0 Å². The third-order valence-electron chi connectivity index (χ3n) is 3.29. The number of rotatable bonds is 3. The number of aryl methyl sites for hydroxylation is 2. The quantitative estimate of drug-likeness (QED) is 0.782. The highest BCUT2D eigenvalue weighted by molar-refractivity contribution is 5.81. The summed E-state index contributed by atoms with van der Waals surface area (Å²) < 4.78 is 6.90. The van der Waals surface area contributed by atoms with Crippen LogP contribution in [-0.4, -0.2) is 14.8 Å². The maximum atomic E-state index is 5.10. The predicted molar refractivity (Wildman–Crippen MR) is 74.0 cm³/mol. The van der Waals surface area contributed by atoms with E-state index < -0.39 is 0 Å². The summed E-state index contributed by atoms with van der Waals surface area (Å²) in [4.78, 5) is 4.45. The van der Waals surface area contributed by atoms with E-state index in [9.17, 15) is 0 Å². The minimum Gasteiger partial charge on any atom is -0.472 e. The van der Waals surface area contributed by atoms with Gasteiger partial charge in [0, 0.05) is 18.0 Å². The minimum atomic E-state index is 0.176. The highest BCUT2D eigenvalue weighted by Gasteiger charge is 2.10. The van der Waals surface area contributed by atoms with E-state index in [1.165, 1.54) is 0 Å². The van der Waals surface area contributed by atoms with Crippen molar-refractivity contribution in [3.63, 3.8) is 0 Å². The Morgan fingerprint density at radius 3 is 3.00 bits per heavy atom. The van der Waals surface area contributed by atoms with Crippen LogP contribution in [0.3, 0.4) is 0 Å². The summed E-state index contributed by atoms with van der Waals surface area (Å²) in [5.74, 6) is 0. The van der Waals surface area contributed by atoms with Crippen LogP contribution in [0, 0.1) is 6.92 Å². The summed E-state index contributed by atoms with van der Waals surface area (Å²) >= 11 is 0. The van der Waals surface area contributed by atoms with Crippen LogP contribution in [0.2, 0.25) is 0 Å². The monoisotopic (exact) mass is 256 g/mol. The van der Waals surface area contributed by atoms with Crippen LogP contribution < -0.4 is 5.32 Å². The molecule has 0 bridgehead atoms. The molecule has 3 rings (SSSR count). The van der Waals surface area contributed by atoms with Crippen molar-refractivity contribution in [3.05, 3.63) is 42.1 Å².